The topological polar surface area (TPSA) is 92.2 Å². The summed E-state index contributed by atoms with van der Waals surface area (Å²) in [5.74, 6) is -0.605. The van der Waals surface area contributed by atoms with E-state index in [9.17, 15) is 4.39 Å². The number of guanidine groups is 1. The van der Waals surface area contributed by atoms with Crippen LogP contribution in [0.25, 0.3) is 0 Å². The Morgan fingerprint density at radius 2 is 2.38 bits per heavy atom. The Morgan fingerprint density at radius 1 is 1.62 bits per heavy atom. The third kappa shape index (κ3) is 3.21. The smallest absolute Gasteiger partial charge is 0.237 e. The van der Waals surface area contributed by atoms with Crippen LogP contribution in [0.4, 0.5) is 4.39 Å². The number of ether oxygens (including phenoxy) is 1. The largest absolute Gasteiger partial charge is 0.494 e. The van der Waals surface area contributed by atoms with Crippen LogP contribution in [-0.4, -0.2) is 24.5 Å². The van der Waals surface area contributed by atoms with Crippen molar-refractivity contribution in [3.63, 3.8) is 0 Å². The molecule has 0 saturated heterocycles. The SMILES string of the molecule is COc1ccc(/C=N/N=C(\N)NO)cc1F. The van der Waals surface area contributed by atoms with E-state index < -0.39 is 5.82 Å². The number of methoxy groups -OCH3 is 1. The highest BCUT2D eigenvalue weighted by Gasteiger charge is 2.01. The normalized spacial score (nSPS) is 11.8. The van der Waals surface area contributed by atoms with Gasteiger partial charge in [0.1, 0.15) is 0 Å². The number of benzene rings is 1. The minimum atomic E-state index is -0.497. The zero-order valence-corrected chi connectivity index (χ0v) is 8.51. The maximum Gasteiger partial charge on any atom is 0.237 e. The van der Waals surface area contributed by atoms with E-state index in [-0.39, 0.29) is 11.7 Å². The number of hydrogen-bond donors (Lipinski definition) is 3. The van der Waals surface area contributed by atoms with Crippen molar-refractivity contribution < 1.29 is 14.3 Å². The van der Waals surface area contributed by atoms with Crippen LogP contribution >= 0.6 is 0 Å². The summed E-state index contributed by atoms with van der Waals surface area (Å²) in [6.07, 6.45) is 1.28. The standard InChI is InChI=1S/C9H11FN4O2/c1-16-8-3-2-6(4-7(8)10)5-12-13-9(11)14-15/h2-5,15H,1H3,(H3,11,13,14)/b12-5+. The molecule has 0 fully saturated rings. The van der Waals surface area contributed by atoms with Crippen LogP contribution in [0.2, 0.25) is 0 Å². The van der Waals surface area contributed by atoms with Gasteiger partial charge in [0.05, 0.1) is 13.3 Å². The Balaban J connectivity index is 2.79. The first-order chi connectivity index (χ1) is 7.67. The molecule has 0 radical (unpaired) electrons. The number of hydrogen-bond acceptors (Lipinski definition) is 4. The van der Waals surface area contributed by atoms with Gasteiger partial charge in [0.25, 0.3) is 0 Å². The molecule has 1 aromatic carbocycles. The van der Waals surface area contributed by atoms with Crippen LogP contribution in [0.15, 0.2) is 28.4 Å². The van der Waals surface area contributed by atoms with Crippen LogP contribution < -0.4 is 16.0 Å². The van der Waals surface area contributed by atoms with Gasteiger partial charge in [-0.25, -0.2) is 9.87 Å². The van der Waals surface area contributed by atoms with Crippen LogP contribution in [-0.2, 0) is 0 Å². The average Bonchev–Trinajstić information content (AvgIpc) is 2.29. The lowest BCUT2D eigenvalue weighted by atomic mass is 10.2. The van der Waals surface area contributed by atoms with Crippen molar-refractivity contribution >= 4 is 12.2 Å². The fourth-order valence-corrected chi connectivity index (χ4v) is 0.943. The molecule has 0 unspecified atom stereocenters. The number of nitrogens with one attached hydrogen (secondary N) is 1. The second-order valence-corrected chi connectivity index (χ2v) is 2.74. The van der Waals surface area contributed by atoms with E-state index in [2.05, 4.69) is 10.2 Å². The summed E-state index contributed by atoms with van der Waals surface area (Å²) in [7, 11) is 1.38. The third-order valence-corrected chi connectivity index (χ3v) is 1.66. The Bertz CT molecular complexity index is 420. The first-order valence-corrected chi connectivity index (χ1v) is 4.27. The van der Waals surface area contributed by atoms with Crippen molar-refractivity contribution in [3.05, 3.63) is 29.6 Å². The predicted octanol–water partition coefficient (Wildman–Crippen LogP) is 0.462. The first kappa shape index (κ1) is 11.9. The van der Waals surface area contributed by atoms with E-state index in [1.165, 1.54) is 25.5 Å². The summed E-state index contributed by atoms with van der Waals surface area (Å²) in [4.78, 5) is 0. The molecule has 0 bridgehead atoms. The van der Waals surface area contributed by atoms with Crippen molar-refractivity contribution in [1.82, 2.24) is 5.48 Å². The summed E-state index contributed by atoms with van der Waals surface area (Å²) < 4.78 is 18.0. The summed E-state index contributed by atoms with van der Waals surface area (Å²) in [6.45, 7) is 0. The molecule has 0 heterocycles. The van der Waals surface area contributed by atoms with Gasteiger partial charge in [-0.15, -0.1) is 5.10 Å². The van der Waals surface area contributed by atoms with Gasteiger partial charge in [-0.1, -0.05) is 0 Å². The first-order valence-electron chi connectivity index (χ1n) is 4.27. The summed E-state index contributed by atoms with van der Waals surface area (Å²) in [5.41, 5.74) is 7.19. The fourth-order valence-electron chi connectivity index (χ4n) is 0.943. The highest BCUT2D eigenvalue weighted by atomic mass is 19.1. The molecule has 0 aliphatic carbocycles. The Morgan fingerprint density at radius 3 is 2.94 bits per heavy atom. The van der Waals surface area contributed by atoms with Gasteiger partial charge in [0, 0.05) is 0 Å². The molecule has 6 nitrogen and oxygen atoms in total. The van der Waals surface area contributed by atoms with Crippen LogP contribution in [0.1, 0.15) is 5.56 Å². The van der Waals surface area contributed by atoms with Crippen molar-refractivity contribution in [2.75, 3.05) is 7.11 Å². The quantitative estimate of drug-likeness (QED) is 0.396. The van der Waals surface area contributed by atoms with Gasteiger partial charge in [-0.05, 0) is 23.8 Å². The lowest BCUT2D eigenvalue weighted by Crippen LogP contribution is -2.27. The van der Waals surface area contributed by atoms with E-state index in [0.717, 1.165) is 0 Å². The molecule has 4 N–H and O–H groups in total. The van der Waals surface area contributed by atoms with Gasteiger partial charge in [-0.3, -0.25) is 5.21 Å². The van der Waals surface area contributed by atoms with Crippen LogP contribution in [0, 0.1) is 5.82 Å². The minimum absolute atomic E-state index is 0.150. The van der Waals surface area contributed by atoms with Crippen molar-refractivity contribution in [2.24, 2.45) is 15.9 Å². The molecule has 0 aromatic heterocycles. The van der Waals surface area contributed by atoms with E-state index in [1.807, 2.05) is 0 Å². The Labute approximate surface area is 91.2 Å². The van der Waals surface area contributed by atoms with Gasteiger partial charge in [0.2, 0.25) is 5.96 Å². The van der Waals surface area contributed by atoms with Crippen molar-refractivity contribution in [2.45, 2.75) is 0 Å². The molecule has 0 amide bonds. The molecule has 0 aliphatic heterocycles. The third-order valence-electron chi connectivity index (χ3n) is 1.66. The van der Waals surface area contributed by atoms with Crippen molar-refractivity contribution in [1.29, 1.82) is 0 Å². The van der Waals surface area contributed by atoms with Gasteiger partial charge < -0.3 is 10.5 Å². The van der Waals surface area contributed by atoms with E-state index in [4.69, 9.17) is 15.7 Å². The molecular weight excluding hydrogens is 215 g/mol. The van der Waals surface area contributed by atoms with Gasteiger partial charge in [-0.2, -0.15) is 5.10 Å². The second kappa shape index (κ2) is 5.66. The molecule has 86 valence electrons. The highest BCUT2D eigenvalue weighted by Crippen LogP contribution is 2.16. The maximum atomic E-state index is 13.2. The molecular formula is C9H11FN4O2. The number of halogens is 1. The number of hydroxylamine groups is 1. The number of nitrogens with two attached hydrogens (primary N) is 1. The predicted molar refractivity (Wildman–Crippen MR) is 57.1 cm³/mol. The molecule has 16 heavy (non-hydrogen) atoms. The van der Waals surface area contributed by atoms with Crippen LogP contribution in [0.3, 0.4) is 0 Å². The lowest BCUT2D eigenvalue weighted by molar-refractivity contribution is 0.232. The summed E-state index contributed by atoms with van der Waals surface area (Å²) in [5, 5.41) is 15.2. The summed E-state index contributed by atoms with van der Waals surface area (Å²) >= 11 is 0. The molecule has 0 saturated carbocycles. The fraction of sp³-hybridized carbons (Fsp3) is 0.111. The zero-order chi connectivity index (χ0) is 12.0. The van der Waals surface area contributed by atoms with E-state index >= 15 is 0 Å². The second-order valence-electron chi connectivity index (χ2n) is 2.74. The average molecular weight is 226 g/mol. The van der Waals surface area contributed by atoms with E-state index in [0.29, 0.717) is 5.56 Å². The van der Waals surface area contributed by atoms with Gasteiger partial charge >= 0.3 is 0 Å². The Hall–Kier alpha value is -2.15. The van der Waals surface area contributed by atoms with Crippen LogP contribution in [0.5, 0.6) is 5.75 Å². The number of rotatable bonds is 3. The molecule has 1 aromatic rings. The van der Waals surface area contributed by atoms with Gasteiger partial charge in [0.15, 0.2) is 11.6 Å². The highest BCUT2D eigenvalue weighted by molar-refractivity contribution is 5.81. The molecule has 1 rings (SSSR count). The van der Waals surface area contributed by atoms with Crippen molar-refractivity contribution in [3.8, 4) is 5.75 Å². The Kier molecular flexibility index (Phi) is 4.22. The van der Waals surface area contributed by atoms with E-state index in [1.54, 1.807) is 11.5 Å². The summed E-state index contributed by atoms with van der Waals surface area (Å²) in [6, 6.07) is 4.30. The number of nitrogens with zero attached hydrogens (tertiary/aromatic N) is 2. The monoisotopic (exact) mass is 226 g/mol. The molecule has 0 atom stereocenters. The lowest BCUT2D eigenvalue weighted by Gasteiger charge is -2.01. The minimum Gasteiger partial charge on any atom is -0.494 e. The zero-order valence-electron chi connectivity index (χ0n) is 8.51. The molecule has 7 heteroatoms. The molecule has 0 spiro atoms. The maximum absolute atomic E-state index is 13.2. The molecule has 0 aliphatic rings.